The minimum atomic E-state index is 0.477. The van der Waals surface area contributed by atoms with Gasteiger partial charge in [0.1, 0.15) is 6.07 Å². The lowest BCUT2D eigenvalue weighted by Gasteiger charge is -2.35. The van der Waals surface area contributed by atoms with E-state index in [-0.39, 0.29) is 0 Å². The number of benzene rings is 1. The van der Waals surface area contributed by atoms with Crippen LogP contribution in [0.4, 0.5) is 5.69 Å². The fraction of sp³-hybridized carbons (Fsp3) is 0.500. The third-order valence-electron chi connectivity index (χ3n) is 3.55. The number of nitriles is 1. The van der Waals surface area contributed by atoms with Crippen LogP contribution in [0.3, 0.4) is 0 Å². The van der Waals surface area contributed by atoms with Gasteiger partial charge < -0.3 is 10.2 Å². The van der Waals surface area contributed by atoms with Gasteiger partial charge in [-0.1, -0.05) is 18.5 Å². The molecule has 0 aromatic heterocycles. The van der Waals surface area contributed by atoms with Crippen molar-refractivity contribution in [2.24, 2.45) is 5.92 Å². The highest BCUT2D eigenvalue weighted by molar-refractivity contribution is 6.32. The van der Waals surface area contributed by atoms with Crippen LogP contribution in [0.5, 0.6) is 0 Å². The molecule has 1 aliphatic rings. The first-order valence-corrected chi connectivity index (χ1v) is 6.62. The molecule has 0 bridgehead atoms. The molecular weight excluding hydrogens is 246 g/mol. The monoisotopic (exact) mass is 263 g/mol. The number of hydrogen-bond donors (Lipinski definition) is 1. The average molecular weight is 264 g/mol. The number of halogens is 1. The van der Waals surface area contributed by atoms with Gasteiger partial charge in [-0.25, -0.2) is 0 Å². The predicted octanol–water partition coefficient (Wildman–Crippen LogP) is 2.96. The Hall–Kier alpha value is -1.24. The van der Waals surface area contributed by atoms with Crippen molar-refractivity contribution in [3.05, 3.63) is 28.8 Å². The van der Waals surface area contributed by atoms with E-state index in [1.807, 2.05) is 12.1 Å². The standard InChI is InChI=1S/C14H18ClN3/c1-10-9-18(2)6-5-14(10)17-12-4-3-11(8-16)13(15)7-12/h3-4,7,10,14,17H,5-6,9H2,1-2H3. The fourth-order valence-corrected chi connectivity index (χ4v) is 2.70. The summed E-state index contributed by atoms with van der Waals surface area (Å²) in [5, 5.41) is 12.9. The molecule has 0 spiro atoms. The molecule has 1 N–H and O–H groups in total. The summed E-state index contributed by atoms with van der Waals surface area (Å²) >= 11 is 6.04. The molecule has 0 amide bonds. The zero-order chi connectivity index (χ0) is 13.1. The van der Waals surface area contributed by atoms with Crippen molar-refractivity contribution in [1.82, 2.24) is 4.90 Å². The van der Waals surface area contributed by atoms with Gasteiger partial charge in [0.25, 0.3) is 0 Å². The average Bonchev–Trinajstić information content (AvgIpc) is 2.33. The van der Waals surface area contributed by atoms with Crippen molar-refractivity contribution >= 4 is 17.3 Å². The highest BCUT2D eigenvalue weighted by Gasteiger charge is 2.23. The smallest absolute Gasteiger partial charge is 0.101 e. The summed E-state index contributed by atoms with van der Waals surface area (Å²) in [7, 11) is 2.16. The molecule has 2 rings (SSSR count). The van der Waals surface area contributed by atoms with Gasteiger partial charge in [0, 0.05) is 18.3 Å². The third-order valence-corrected chi connectivity index (χ3v) is 3.86. The van der Waals surface area contributed by atoms with Crippen LogP contribution in [0.15, 0.2) is 18.2 Å². The summed E-state index contributed by atoms with van der Waals surface area (Å²) in [5.74, 6) is 0.609. The van der Waals surface area contributed by atoms with Crippen LogP contribution >= 0.6 is 11.6 Å². The summed E-state index contributed by atoms with van der Waals surface area (Å²) < 4.78 is 0. The predicted molar refractivity (Wildman–Crippen MR) is 74.9 cm³/mol. The van der Waals surface area contributed by atoms with E-state index in [0.717, 1.165) is 25.2 Å². The second kappa shape index (κ2) is 5.60. The molecule has 96 valence electrons. The Morgan fingerprint density at radius 1 is 1.50 bits per heavy atom. The number of anilines is 1. The van der Waals surface area contributed by atoms with E-state index in [2.05, 4.69) is 30.3 Å². The van der Waals surface area contributed by atoms with Gasteiger partial charge in [0.05, 0.1) is 10.6 Å². The Labute approximate surface area is 113 Å². The second-order valence-corrected chi connectivity index (χ2v) is 5.49. The van der Waals surface area contributed by atoms with E-state index in [1.54, 1.807) is 6.07 Å². The first-order chi connectivity index (χ1) is 8.60. The Morgan fingerprint density at radius 3 is 2.89 bits per heavy atom. The maximum atomic E-state index is 8.84. The second-order valence-electron chi connectivity index (χ2n) is 5.09. The van der Waals surface area contributed by atoms with Crippen molar-refractivity contribution in [2.75, 3.05) is 25.5 Å². The van der Waals surface area contributed by atoms with Gasteiger partial charge in [0.15, 0.2) is 0 Å². The highest BCUT2D eigenvalue weighted by atomic mass is 35.5. The van der Waals surface area contributed by atoms with Gasteiger partial charge in [0.2, 0.25) is 0 Å². The highest BCUT2D eigenvalue weighted by Crippen LogP contribution is 2.24. The Kier molecular flexibility index (Phi) is 4.11. The normalized spacial score (nSPS) is 24.6. The van der Waals surface area contributed by atoms with Crippen molar-refractivity contribution in [2.45, 2.75) is 19.4 Å². The van der Waals surface area contributed by atoms with Crippen molar-refractivity contribution in [1.29, 1.82) is 5.26 Å². The lowest BCUT2D eigenvalue weighted by Crippen LogP contribution is -2.43. The van der Waals surface area contributed by atoms with Gasteiger partial charge in [-0.2, -0.15) is 5.26 Å². The molecule has 4 heteroatoms. The zero-order valence-corrected chi connectivity index (χ0v) is 11.5. The molecular formula is C14H18ClN3. The molecule has 2 atom stereocenters. The minimum Gasteiger partial charge on any atom is -0.382 e. The molecule has 0 radical (unpaired) electrons. The molecule has 1 aromatic carbocycles. The van der Waals surface area contributed by atoms with Crippen LogP contribution < -0.4 is 5.32 Å². The van der Waals surface area contributed by atoms with E-state index in [9.17, 15) is 0 Å². The van der Waals surface area contributed by atoms with Crippen LogP contribution in [0.2, 0.25) is 5.02 Å². The van der Waals surface area contributed by atoms with E-state index >= 15 is 0 Å². The lowest BCUT2D eigenvalue weighted by atomic mass is 9.94. The number of nitrogens with one attached hydrogen (secondary N) is 1. The molecule has 1 heterocycles. The van der Waals surface area contributed by atoms with Crippen molar-refractivity contribution in [3.63, 3.8) is 0 Å². The molecule has 1 aromatic rings. The number of rotatable bonds is 2. The molecule has 1 aliphatic heterocycles. The van der Waals surface area contributed by atoms with Crippen molar-refractivity contribution < 1.29 is 0 Å². The van der Waals surface area contributed by atoms with Crippen molar-refractivity contribution in [3.8, 4) is 6.07 Å². The summed E-state index contributed by atoms with van der Waals surface area (Å²) in [5.41, 5.74) is 1.53. The topological polar surface area (TPSA) is 39.1 Å². The first-order valence-electron chi connectivity index (χ1n) is 6.25. The van der Waals surface area contributed by atoms with E-state index in [1.165, 1.54) is 0 Å². The zero-order valence-electron chi connectivity index (χ0n) is 10.8. The quantitative estimate of drug-likeness (QED) is 0.892. The molecule has 0 aliphatic carbocycles. The van der Waals surface area contributed by atoms with E-state index < -0.39 is 0 Å². The van der Waals surface area contributed by atoms with Gasteiger partial charge in [-0.3, -0.25) is 0 Å². The molecule has 18 heavy (non-hydrogen) atoms. The van der Waals surface area contributed by atoms with Crippen LogP contribution in [0.25, 0.3) is 0 Å². The van der Waals surface area contributed by atoms with Gasteiger partial charge in [-0.05, 0) is 44.1 Å². The number of likely N-dealkylation sites (tertiary alicyclic amines) is 1. The number of piperidine rings is 1. The third kappa shape index (κ3) is 2.95. The largest absolute Gasteiger partial charge is 0.382 e. The van der Waals surface area contributed by atoms with E-state index in [4.69, 9.17) is 16.9 Å². The Balaban J connectivity index is 2.06. The van der Waals surface area contributed by atoms with Crippen LogP contribution in [-0.4, -0.2) is 31.1 Å². The van der Waals surface area contributed by atoms with Crippen LogP contribution in [-0.2, 0) is 0 Å². The maximum Gasteiger partial charge on any atom is 0.101 e. The molecule has 0 saturated carbocycles. The Morgan fingerprint density at radius 2 is 2.28 bits per heavy atom. The Bertz CT molecular complexity index is 467. The van der Waals surface area contributed by atoms with Crippen LogP contribution in [0.1, 0.15) is 18.9 Å². The molecule has 2 unspecified atom stereocenters. The fourth-order valence-electron chi connectivity index (χ4n) is 2.48. The van der Waals surface area contributed by atoms with Gasteiger partial charge >= 0.3 is 0 Å². The summed E-state index contributed by atoms with van der Waals surface area (Å²) in [6.45, 7) is 4.49. The first kappa shape index (κ1) is 13.2. The van der Waals surface area contributed by atoms with Gasteiger partial charge in [-0.15, -0.1) is 0 Å². The van der Waals surface area contributed by atoms with Crippen LogP contribution in [0, 0.1) is 17.2 Å². The maximum absolute atomic E-state index is 8.84. The SMILES string of the molecule is CC1CN(C)CCC1Nc1ccc(C#N)c(Cl)c1. The number of nitrogens with zero attached hydrogens (tertiary/aromatic N) is 2. The minimum absolute atomic E-state index is 0.477. The molecule has 1 fully saturated rings. The summed E-state index contributed by atoms with van der Waals surface area (Å²) in [4.78, 5) is 2.36. The number of hydrogen-bond acceptors (Lipinski definition) is 3. The molecule has 3 nitrogen and oxygen atoms in total. The lowest BCUT2D eigenvalue weighted by molar-refractivity contribution is 0.206. The summed E-state index contributed by atoms with van der Waals surface area (Å²) in [6, 6.07) is 8.08. The summed E-state index contributed by atoms with van der Waals surface area (Å²) in [6.07, 6.45) is 1.13. The van der Waals surface area contributed by atoms with E-state index in [0.29, 0.717) is 22.5 Å². The molecule has 1 saturated heterocycles.